The molecule has 116 valence electrons. The summed E-state index contributed by atoms with van der Waals surface area (Å²) in [5, 5.41) is 12.4. The summed E-state index contributed by atoms with van der Waals surface area (Å²) >= 11 is 0. The second-order valence-corrected chi connectivity index (χ2v) is 7.76. The van der Waals surface area contributed by atoms with E-state index < -0.39 is 9.84 Å². The lowest BCUT2D eigenvalue weighted by atomic mass is 10.0. The van der Waals surface area contributed by atoms with Gasteiger partial charge in [0, 0.05) is 6.42 Å². The number of rotatable bonds is 5. The zero-order valence-corrected chi connectivity index (χ0v) is 12.9. The van der Waals surface area contributed by atoms with E-state index in [1.54, 1.807) is 6.92 Å². The summed E-state index contributed by atoms with van der Waals surface area (Å²) < 4.78 is 23.7. The first-order valence-electron chi connectivity index (χ1n) is 7.28. The number of hydrogen-bond acceptors (Lipinski definition) is 4. The molecule has 0 aromatic heterocycles. The Morgan fingerprint density at radius 1 is 1.33 bits per heavy atom. The lowest BCUT2D eigenvalue weighted by Gasteiger charge is -2.12. The Morgan fingerprint density at radius 2 is 2.00 bits per heavy atom. The van der Waals surface area contributed by atoms with Crippen LogP contribution in [0.25, 0.3) is 0 Å². The first kappa shape index (κ1) is 15.8. The zero-order chi connectivity index (χ0) is 15.5. The molecule has 0 spiro atoms. The van der Waals surface area contributed by atoms with Crippen LogP contribution < -0.4 is 5.32 Å². The van der Waals surface area contributed by atoms with Gasteiger partial charge in [-0.2, -0.15) is 0 Å². The maximum atomic E-state index is 12.0. The van der Waals surface area contributed by atoms with Gasteiger partial charge >= 0.3 is 0 Å². The van der Waals surface area contributed by atoms with Crippen molar-refractivity contribution in [3.63, 3.8) is 0 Å². The monoisotopic (exact) mass is 311 g/mol. The molecule has 2 rings (SSSR count). The van der Waals surface area contributed by atoms with Crippen molar-refractivity contribution in [1.29, 1.82) is 0 Å². The largest absolute Gasteiger partial charge is 0.506 e. The molecule has 1 aliphatic carbocycles. The fourth-order valence-electron chi connectivity index (χ4n) is 2.65. The maximum absolute atomic E-state index is 12.0. The fourth-order valence-corrected chi connectivity index (χ4v) is 3.56. The third kappa shape index (κ3) is 3.97. The van der Waals surface area contributed by atoms with Crippen LogP contribution in [0.15, 0.2) is 23.1 Å². The Bertz CT molecular complexity index is 619. The van der Waals surface area contributed by atoms with Crippen molar-refractivity contribution in [3.8, 4) is 5.75 Å². The molecule has 0 heterocycles. The Kier molecular flexibility index (Phi) is 4.88. The standard InChI is InChI=1S/C15H21NO4S/c1-2-21(19,20)12-7-8-14(17)13(10-12)16-15(18)9-11-5-3-4-6-11/h7-8,10-11,17H,2-6,9H2,1H3,(H,16,18). The molecule has 1 aliphatic rings. The van der Waals surface area contributed by atoms with Gasteiger partial charge in [0.2, 0.25) is 5.91 Å². The number of anilines is 1. The number of nitrogens with one attached hydrogen (secondary N) is 1. The quantitative estimate of drug-likeness (QED) is 0.819. The minimum absolute atomic E-state index is 0.0206. The third-order valence-electron chi connectivity index (χ3n) is 3.93. The lowest BCUT2D eigenvalue weighted by molar-refractivity contribution is -0.117. The van der Waals surface area contributed by atoms with Crippen molar-refractivity contribution in [1.82, 2.24) is 0 Å². The second-order valence-electron chi connectivity index (χ2n) is 5.49. The van der Waals surface area contributed by atoms with Gasteiger partial charge in [-0.05, 0) is 37.0 Å². The summed E-state index contributed by atoms with van der Waals surface area (Å²) in [5.41, 5.74) is 0.160. The number of sulfone groups is 1. The summed E-state index contributed by atoms with van der Waals surface area (Å²) in [6, 6.07) is 3.97. The molecule has 0 radical (unpaired) electrons. The molecule has 21 heavy (non-hydrogen) atoms. The molecule has 0 atom stereocenters. The highest BCUT2D eigenvalue weighted by Crippen LogP contribution is 2.30. The van der Waals surface area contributed by atoms with Crippen molar-refractivity contribution < 1.29 is 18.3 Å². The second kappa shape index (κ2) is 6.47. The normalized spacial score (nSPS) is 16.0. The first-order valence-corrected chi connectivity index (χ1v) is 8.93. The molecule has 1 aromatic carbocycles. The Balaban J connectivity index is 2.11. The summed E-state index contributed by atoms with van der Waals surface area (Å²) in [7, 11) is -3.36. The maximum Gasteiger partial charge on any atom is 0.224 e. The van der Waals surface area contributed by atoms with Crippen LogP contribution in [0.4, 0.5) is 5.69 Å². The lowest BCUT2D eigenvalue weighted by Crippen LogP contribution is -2.15. The molecular weight excluding hydrogens is 290 g/mol. The summed E-state index contributed by atoms with van der Waals surface area (Å²) in [6.07, 6.45) is 4.86. The van der Waals surface area contributed by atoms with Gasteiger partial charge in [-0.3, -0.25) is 4.79 Å². The Labute approximate surface area is 125 Å². The molecule has 2 N–H and O–H groups in total. The first-order chi connectivity index (χ1) is 9.92. The SMILES string of the molecule is CCS(=O)(=O)c1ccc(O)c(NC(=O)CC2CCCC2)c1. The highest BCUT2D eigenvalue weighted by atomic mass is 32.2. The van der Waals surface area contributed by atoms with E-state index in [9.17, 15) is 18.3 Å². The average molecular weight is 311 g/mol. The summed E-state index contributed by atoms with van der Waals surface area (Å²) in [4.78, 5) is 12.1. The van der Waals surface area contributed by atoms with Crippen molar-refractivity contribution in [2.75, 3.05) is 11.1 Å². The minimum atomic E-state index is -3.36. The molecule has 1 saturated carbocycles. The highest BCUT2D eigenvalue weighted by molar-refractivity contribution is 7.91. The molecule has 0 bridgehead atoms. The van der Waals surface area contributed by atoms with Crippen molar-refractivity contribution >= 4 is 21.4 Å². The van der Waals surface area contributed by atoms with Crippen LogP contribution in [0.2, 0.25) is 0 Å². The molecule has 0 saturated heterocycles. The highest BCUT2D eigenvalue weighted by Gasteiger charge is 2.20. The molecular formula is C15H21NO4S. The van der Waals surface area contributed by atoms with E-state index in [-0.39, 0.29) is 28.0 Å². The molecule has 0 unspecified atom stereocenters. The van der Waals surface area contributed by atoms with Crippen LogP contribution in [0.3, 0.4) is 0 Å². The molecule has 1 aromatic rings. The van der Waals surface area contributed by atoms with E-state index in [0.717, 1.165) is 25.7 Å². The van der Waals surface area contributed by atoms with Gasteiger partial charge < -0.3 is 10.4 Å². The molecule has 1 fully saturated rings. The Hall–Kier alpha value is -1.56. The fraction of sp³-hybridized carbons (Fsp3) is 0.533. The third-order valence-corrected chi connectivity index (χ3v) is 5.66. The topological polar surface area (TPSA) is 83.5 Å². The summed E-state index contributed by atoms with van der Waals surface area (Å²) in [5.74, 6) is 0.0792. The van der Waals surface area contributed by atoms with Gasteiger partial charge in [-0.15, -0.1) is 0 Å². The van der Waals surface area contributed by atoms with Gasteiger partial charge in [0.1, 0.15) is 5.75 Å². The smallest absolute Gasteiger partial charge is 0.224 e. The van der Waals surface area contributed by atoms with E-state index in [4.69, 9.17) is 0 Å². The van der Waals surface area contributed by atoms with Crippen LogP contribution in [0, 0.1) is 5.92 Å². The number of phenolic OH excluding ortho intramolecular Hbond substituents is 1. The van der Waals surface area contributed by atoms with Gasteiger partial charge in [-0.1, -0.05) is 19.8 Å². The van der Waals surface area contributed by atoms with Crippen molar-refractivity contribution in [3.05, 3.63) is 18.2 Å². The molecule has 1 amide bonds. The Morgan fingerprint density at radius 3 is 2.62 bits per heavy atom. The van der Waals surface area contributed by atoms with Crippen LogP contribution >= 0.6 is 0 Å². The van der Waals surface area contributed by atoms with Crippen LogP contribution in [0.5, 0.6) is 5.75 Å². The van der Waals surface area contributed by atoms with E-state index in [0.29, 0.717) is 12.3 Å². The summed E-state index contributed by atoms with van der Waals surface area (Å²) in [6.45, 7) is 1.56. The zero-order valence-electron chi connectivity index (χ0n) is 12.1. The van der Waals surface area contributed by atoms with E-state index in [1.807, 2.05) is 0 Å². The van der Waals surface area contributed by atoms with Crippen molar-refractivity contribution in [2.24, 2.45) is 5.92 Å². The molecule has 6 heteroatoms. The van der Waals surface area contributed by atoms with Gasteiger partial charge in [0.25, 0.3) is 0 Å². The number of carbonyl (C=O) groups excluding carboxylic acids is 1. The number of phenols is 1. The van der Waals surface area contributed by atoms with Crippen LogP contribution in [0.1, 0.15) is 39.0 Å². The number of amides is 1. The molecule has 5 nitrogen and oxygen atoms in total. The molecule has 0 aliphatic heterocycles. The van der Waals surface area contributed by atoms with Crippen molar-refractivity contribution in [2.45, 2.75) is 43.9 Å². The van der Waals surface area contributed by atoms with Crippen LogP contribution in [-0.2, 0) is 14.6 Å². The van der Waals surface area contributed by atoms with Gasteiger partial charge in [-0.25, -0.2) is 8.42 Å². The van der Waals surface area contributed by atoms with E-state index in [2.05, 4.69) is 5.32 Å². The minimum Gasteiger partial charge on any atom is -0.506 e. The van der Waals surface area contributed by atoms with Gasteiger partial charge in [0.15, 0.2) is 9.84 Å². The number of carbonyl (C=O) groups is 1. The predicted molar refractivity (Wildman–Crippen MR) is 81.0 cm³/mol. The van der Waals surface area contributed by atoms with E-state index >= 15 is 0 Å². The van der Waals surface area contributed by atoms with E-state index in [1.165, 1.54) is 18.2 Å². The number of hydrogen-bond donors (Lipinski definition) is 2. The van der Waals surface area contributed by atoms with Crippen LogP contribution in [-0.4, -0.2) is 25.2 Å². The number of benzene rings is 1. The predicted octanol–water partition coefficient (Wildman–Crippen LogP) is 2.70. The van der Waals surface area contributed by atoms with Gasteiger partial charge in [0.05, 0.1) is 16.3 Å². The average Bonchev–Trinajstić information content (AvgIpc) is 2.93. The number of aromatic hydroxyl groups is 1.